The van der Waals surface area contributed by atoms with Gasteiger partial charge in [-0.15, -0.1) is 0 Å². The molecule has 2 saturated heterocycles. The van der Waals surface area contributed by atoms with Gasteiger partial charge in [0.15, 0.2) is 12.0 Å². The standard InChI is InChI=1S/C16H19N4O6S/c17-13(22)4-3-5-14(23)18-9-7-11-16(18)12(21)10-20(11)27(25,26)15-6-1-2-8-19(15)24/h1-2,5-6,8,11,16H,3-4,7,9-10H2,(H2,17,22). The number of ketones is 1. The average molecular weight is 395 g/mol. The second-order valence-electron chi connectivity index (χ2n) is 6.42. The van der Waals surface area contributed by atoms with Gasteiger partial charge in [0.25, 0.3) is 0 Å². The van der Waals surface area contributed by atoms with Crippen LogP contribution in [-0.2, 0) is 24.4 Å². The summed E-state index contributed by atoms with van der Waals surface area (Å²) in [6.45, 7) is -0.178. The molecular weight excluding hydrogens is 376 g/mol. The van der Waals surface area contributed by atoms with E-state index < -0.39 is 51.3 Å². The lowest BCUT2D eigenvalue weighted by atomic mass is 10.1. The van der Waals surface area contributed by atoms with E-state index in [4.69, 9.17) is 5.73 Å². The number of amides is 2. The molecule has 2 amide bonds. The number of nitrogens with two attached hydrogens (primary N) is 1. The zero-order valence-electron chi connectivity index (χ0n) is 14.4. The van der Waals surface area contributed by atoms with Crippen LogP contribution in [0.5, 0.6) is 0 Å². The summed E-state index contributed by atoms with van der Waals surface area (Å²) in [6.07, 6.45) is 2.80. The van der Waals surface area contributed by atoms with Gasteiger partial charge in [-0.3, -0.25) is 14.4 Å². The van der Waals surface area contributed by atoms with Gasteiger partial charge < -0.3 is 15.8 Å². The van der Waals surface area contributed by atoms with E-state index in [9.17, 15) is 28.0 Å². The second kappa shape index (κ2) is 7.24. The van der Waals surface area contributed by atoms with Crippen molar-refractivity contribution in [3.63, 3.8) is 0 Å². The van der Waals surface area contributed by atoms with Crippen molar-refractivity contribution >= 4 is 27.6 Å². The number of carbonyl (C=O) groups is 3. The third-order valence-electron chi connectivity index (χ3n) is 4.73. The first-order valence-electron chi connectivity index (χ1n) is 8.38. The van der Waals surface area contributed by atoms with Crippen LogP contribution in [0.2, 0.25) is 0 Å². The quantitative estimate of drug-likeness (QED) is 0.450. The zero-order valence-corrected chi connectivity index (χ0v) is 15.2. The average Bonchev–Trinajstić information content (AvgIpc) is 3.16. The van der Waals surface area contributed by atoms with Gasteiger partial charge in [0, 0.05) is 25.1 Å². The van der Waals surface area contributed by atoms with Crippen LogP contribution >= 0.6 is 0 Å². The summed E-state index contributed by atoms with van der Waals surface area (Å²) >= 11 is 0. The Morgan fingerprint density at radius 3 is 2.78 bits per heavy atom. The molecule has 2 fully saturated rings. The number of carbonyl (C=O) groups excluding carboxylic acids is 3. The predicted molar refractivity (Wildman–Crippen MR) is 90.9 cm³/mol. The van der Waals surface area contributed by atoms with Crippen LogP contribution in [0, 0.1) is 11.6 Å². The molecule has 2 unspecified atom stereocenters. The second-order valence-corrected chi connectivity index (χ2v) is 8.26. The van der Waals surface area contributed by atoms with Crippen LogP contribution < -0.4 is 10.5 Å². The van der Waals surface area contributed by atoms with Crippen molar-refractivity contribution in [3.8, 4) is 0 Å². The molecule has 2 aliphatic rings. The molecule has 10 nitrogen and oxygen atoms in total. The zero-order chi connectivity index (χ0) is 19.8. The van der Waals surface area contributed by atoms with E-state index in [1.165, 1.54) is 29.5 Å². The lowest BCUT2D eigenvalue weighted by molar-refractivity contribution is -0.646. The SMILES string of the molecule is NC(=O)CC[CH]C(=O)N1CCC2C1C(=O)CN2S(=O)(=O)c1cccc[n+]1[O-]. The van der Waals surface area contributed by atoms with Gasteiger partial charge in [-0.25, -0.2) is 8.42 Å². The molecule has 0 saturated carbocycles. The van der Waals surface area contributed by atoms with Gasteiger partial charge in [0.05, 0.1) is 19.0 Å². The minimum absolute atomic E-state index is 0.0135. The predicted octanol–water partition coefficient (Wildman–Crippen LogP) is -1.67. The van der Waals surface area contributed by atoms with Crippen LogP contribution in [0.25, 0.3) is 0 Å². The number of hydrogen-bond acceptors (Lipinski definition) is 6. The van der Waals surface area contributed by atoms with E-state index >= 15 is 0 Å². The first-order chi connectivity index (χ1) is 12.7. The Kier molecular flexibility index (Phi) is 5.16. The fourth-order valence-corrected chi connectivity index (χ4v) is 5.18. The fourth-order valence-electron chi connectivity index (χ4n) is 3.53. The number of nitrogens with zero attached hydrogens (tertiary/aromatic N) is 3. The van der Waals surface area contributed by atoms with Gasteiger partial charge >= 0.3 is 15.0 Å². The Bertz CT molecular complexity index is 887. The van der Waals surface area contributed by atoms with Crippen LogP contribution in [0.4, 0.5) is 0 Å². The number of hydrogen-bond donors (Lipinski definition) is 1. The van der Waals surface area contributed by atoms with Crippen LogP contribution in [0.15, 0.2) is 29.4 Å². The van der Waals surface area contributed by atoms with E-state index in [1.807, 2.05) is 0 Å². The summed E-state index contributed by atoms with van der Waals surface area (Å²) in [7, 11) is -4.18. The van der Waals surface area contributed by atoms with Crippen molar-refractivity contribution in [3.05, 3.63) is 36.0 Å². The first kappa shape index (κ1) is 19.2. The fraction of sp³-hybridized carbons (Fsp3) is 0.438. The topological polar surface area (TPSA) is 145 Å². The number of sulfonamides is 1. The number of aromatic nitrogens is 1. The number of primary amides is 1. The summed E-state index contributed by atoms with van der Waals surface area (Å²) in [4.78, 5) is 36.9. The molecule has 2 N–H and O–H groups in total. The molecule has 0 bridgehead atoms. The highest BCUT2D eigenvalue weighted by molar-refractivity contribution is 7.89. The maximum atomic E-state index is 12.9. The highest BCUT2D eigenvalue weighted by atomic mass is 32.2. The smallest absolute Gasteiger partial charge is 0.323 e. The Hall–Kier alpha value is -2.53. The maximum absolute atomic E-state index is 12.9. The first-order valence-corrected chi connectivity index (χ1v) is 9.82. The van der Waals surface area contributed by atoms with Crippen molar-refractivity contribution in [1.29, 1.82) is 0 Å². The van der Waals surface area contributed by atoms with Crippen molar-refractivity contribution in [1.82, 2.24) is 9.21 Å². The highest BCUT2D eigenvalue weighted by Gasteiger charge is 2.54. The summed E-state index contributed by atoms with van der Waals surface area (Å²) in [5, 5.41) is 11.4. The van der Waals surface area contributed by atoms with Crippen LogP contribution in [0.3, 0.4) is 0 Å². The monoisotopic (exact) mass is 395 g/mol. The number of Topliss-reactive ketones (excluding diaryl/α,β-unsaturated/α-hetero) is 1. The van der Waals surface area contributed by atoms with Crippen molar-refractivity contribution in [2.45, 2.75) is 36.4 Å². The summed E-state index contributed by atoms with van der Waals surface area (Å²) in [5.41, 5.74) is 5.03. The molecule has 0 spiro atoms. The molecule has 27 heavy (non-hydrogen) atoms. The van der Waals surface area contributed by atoms with E-state index in [1.54, 1.807) is 0 Å². The third kappa shape index (κ3) is 3.52. The minimum atomic E-state index is -4.18. The molecule has 1 aromatic rings. The summed E-state index contributed by atoms with van der Waals surface area (Å²) in [5.74, 6) is -1.37. The molecule has 2 atom stereocenters. The van der Waals surface area contributed by atoms with Crippen molar-refractivity contribution in [2.24, 2.45) is 5.73 Å². The number of rotatable bonds is 6. The molecule has 1 radical (unpaired) electrons. The minimum Gasteiger partial charge on any atom is -0.618 e. The van der Waals surface area contributed by atoms with E-state index in [0.29, 0.717) is 0 Å². The van der Waals surface area contributed by atoms with Gasteiger partial charge in [-0.2, -0.15) is 9.04 Å². The molecule has 145 valence electrons. The van der Waals surface area contributed by atoms with Gasteiger partial charge in [-0.1, -0.05) is 0 Å². The molecule has 3 rings (SSSR count). The van der Waals surface area contributed by atoms with Gasteiger partial charge in [0.1, 0.15) is 6.04 Å². The number of likely N-dealkylation sites (tertiary alicyclic amines) is 1. The van der Waals surface area contributed by atoms with E-state index in [2.05, 4.69) is 0 Å². The van der Waals surface area contributed by atoms with E-state index in [-0.39, 0.29) is 30.5 Å². The Morgan fingerprint density at radius 1 is 1.37 bits per heavy atom. The molecular formula is C16H19N4O6S. The lowest BCUT2D eigenvalue weighted by Gasteiger charge is -2.23. The summed E-state index contributed by atoms with van der Waals surface area (Å²) < 4.78 is 27.0. The third-order valence-corrected chi connectivity index (χ3v) is 6.59. The van der Waals surface area contributed by atoms with Gasteiger partial charge in [0.2, 0.25) is 11.8 Å². The van der Waals surface area contributed by atoms with Crippen molar-refractivity contribution in [2.75, 3.05) is 13.1 Å². The lowest BCUT2D eigenvalue weighted by Crippen LogP contribution is -2.45. The molecule has 0 aromatic carbocycles. The Morgan fingerprint density at radius 2 is 2.11 bits per heavy atom. The normalized spacial score (nSPS) is 22.8. The Labute approximate surface area is 156 Å². The Balaban J connectivity index is 1.78. The van der Waals surface area contributed by atoms with E-state index in [0.717, 1.165) is 10.5 Å². The maximum Gasteiger partial charge on any atom is 0.323 e. The highest BCUT2D eigenvalue weighted by Crippen LogP contribution is 2.33. The molecule has 11 heteroatoms. The molecule has 3 heterocycles. The van der Waals surface area contributed by atoms with Gasteiger partial charge in [-0.05, 0) is 18.9 Å². The van der Waals surface area contributed by atoms with Crippen LogP contribution in [0.1, 0.15) is 19.3 Å². The number of pyridine rings is 1. The largest absolute Gasteiger partial charge is 0.618 e. The number of fused-ring (bicyclic) bond motifs is 1. The molecule has 2 aliphatic heterocycles. The van der Waals surface area contributed by atoms with Crippen molar-refractivity contribution < 1.29 is 27.5 Å². The molecule has 0 aliphatic carbocycles. The molecule has 1 aromatic heterocycles. The van der Waals surface area contributed by atoms with Crippen LogP contribution in [-0.4, -0.2) is 60.4 Å². The summed E-state index contributed by atoms with van der Waals surface area (Å²) in [6, 6.07) is 2.41.